The number of aliphatic imine (C=N–C) groups is 1. The monoisotopic (exact) mass is 692 g/mol. The number of rotatable bonds is 13. The Hall–Kier alpha value is -5.99. The van der Waals surface area contributed by atoms with E-state index in [1.807, 2.05) is 53.4 Å². The summed E-state index contributed by atoms with van der Waals surface area (Å²) in [6.45, 7) is 14.2. The van der Waals surface area contributed by atoms with Crippen molar-refractivity contribution in [2.45, 2.75) is 52.4 Å². The molecule has 0 aliphatic carbocycles. The number of nitriles is 1. The number of thiophene rings is 1. The minimum Gasteiger partial charge on any atom is -0.471 e. The number of hydrogen-bond acceptors (Lipinski definition) is 12. The minimum atomic E-state index is -0.705. The molecular formula is C36H36N8O5S. The fraction of sp³-hybridized carbons (Fsp3) is 0.306. The molecule has 3 heterocycles. The first-order chi connectivity index (χ1) is 24.0. The maximum atomic E-state index is 12.5. The van der Waals surface area contributed by atoms with Crippen LogP contribution in [0.3, 0.4) is 0 Å². The Morgan fingerprint density at radius 1 is 1.14 bits per heavy atom. The molecule has 0 radical (unpaired) electrons. The standard InChI is InChI=1S/C36H36N8O5S/c1-36(2,3)49-33(45)29(39-4)20-27-18-25-10-11-26(19-30(25)50-27)44(15-5-13-37)16-17-47-35(46)41-21-23-6-8-24(9-7-23)22-48-32-31-28(12-14-40-31)42-34(38)43-32/h6-11,14,18-20H,5,12,15-17,21-22H2,1-3H3,(H,41,46)(H2,38,42,43)/b29-20-. The Morgan fingerprint density at radius 2 is 1.92 bits per heavy atom. The Labute approximate surface area is 293 Å². The number of esters is 1. The molecule has 4 aromatic rings. The van der Waals surface area contributed by atoms with E-state index in [-0.39, 0.29) is 37.8 Å². The summed E-state index contributed by atoms with van der Waals surface area (Å²) in [6.07, 6.45) is 3.61. The van der Waals surface area contributed by atoms with Gasteiger partial charge in [-0.3, -0.25) is 9.79 Å². The van der Waals surface area contributed by atoms with Gasteiger partial charge >= 0.3 is 12.1 Å². The van der Waals surface area contributed by atoms with Crippen molar-refractivity contribution in [3.63, 3.8) is 0 Å². The first-order valence-corrected chi connectivity index (χ1v) is 16.6. The molecule has 0 bridgehead atoms. The van der Waals surface area contributed by atoms with Crippen molar-refractivity contribution in [1.82, 2.24) is 15.3 Å². The maximum absolute atomic E-state index is 12.5. The van der Waals surface area contributed by atoms with Gasteiger partial charge in [-0.1, -0.05) is 30.3 Å². The lowest BCUT2D eigenvalue weighted by atomic mass is 10.1. The van der Waals surface area contributed by atoms with Crippen LogP contribution in [0, 0.1) is 17.9 Å². The molecule has 1 aliphatic rings. The fourth-order valence-electron chi connectivity index (χ4n) is 4.94. The zero-order valence-corrected chi connectivity index (χ0v) is 28.7. The first kappa shape index (κ1) is 35.3. The van der Waals surface area contributed by atoms with Crippen molar-refractivity contribution in [2.75, 3.05) is 30.3 Å². The molecule has 256 valence electrons. The second-order valence-electron chi connectivity index (χ2n) is 12.2. The summed E-state index contributed by atoms with van der Waals surface area (Å²) in [5.41, 5.74) is 8.98. The van der Waals surface area contributed by atoms with Crippen LogP contribution >= 0.6 is 11.3 Å². The molecule has 50 heavy (non-hydrogen) atoms. The van der Waals surface area contributed by atoms with E-state index in [9.17, 15) is 14.9 Å². The lowest BCUT2D eigenvalue weighted by Crippen LogP contribution is -2.31. The van der Waals surface area contributed by atoms with Crippen LogP contribution in [-0.4, -0.2) is 53.5 Å². The van der Waals surface area contributed by atoms with Gasteiger partial charge in [0, 0.05) is 41.0 Å². The van der Waals surface area contributed by atoms with Crippen molar-refractivity contribution in [2.24, 2.45) is 4.99 Å². The van der Waals surface area contributed by atoms with Gasteiger partial charge in [0.15, 0.2) is 0 Å². The van der Waals surface area contributed by atoms with E-state index in [2.05, 4.69) is 31.2 Å². The summed E-state index contributed by atoms with van der Waals surface area (Å²) in [6, 6.07) is 17.5. The molecule has 0 saturated carbocycles. The average molecular weight is 693 g/mol. The smallest absolute Gasteiger partial charge is 0.407 e. The molecule has 1 amide bonds. The zero-order valence-electron chi connectivity index (χ0n) is 27.9. The lowest BCUT2D eigenvalue weighted by molar-refractivity contribution is -0.149. The van der Waals surface area contributed by atoms with E-state index in [1.54, 1.807) is 27.0 Å². The molecular weight excluding hydrogens is 657 g/mol. The molecule has 3 N–H and O–H groups in total. The van der Waals surface area contributed by atoms with Crippen molar-refractivity contribution < 1.29 is 23.8 Å². The maximum Gasteiger partial charge on any atom is 0.407 e. The van der Waals surface area contributed by atoms with Crippen LogP contribution < -0.4 is 20.7 Å². The van der Waals surface area contributed by atoms with Crippen molar-refractivity contribution >= 4 is 63.1 Å². The predicted octanol–water partition coefficient (Wildman–Crippen LogP) is 6.36. The van der Waals surface area contributed by atoms with E-state index >= 15 is 0 Å². The number of benzene rings is 2. The van der Waals surface area contributed by atoms with Gasteiger partial charge < -0.3 is 30.2 Å². The third kappa shape index (κ3) is 9.55. The molecule has 2 aromatic heterocycles. The lowest BCUT2D eigenvalue weighted by Gasteiger charge is -2.23. The van der Waals surface area contributed by atoms with Crippen LogP contribution in [0.5, 0.6) is 5.88 Å². The molecule has 2 aromatic carbocycles. The number of nitrogen functional groups attached to an aromatic ring is 1. The SMILES string of the molecule is [C-]#[N+]/C(=C\c1cc2ccc(N(CCC#N)CCOC(=O)NCc3ccc(COc4nc(N)nc5c4N=CC5)cc3)cc2s1)C(=O)OC(C)(C)C. The van der Waals surface area contributed by atoms with Gasteiger partial charge in [0.25, 0.3) is 5.70 Å². The number of aromatic nitrogens is 2. The fourth-order valence-corrected chi connectivity index (χ4v) is 5.97. The summed E-state index contributed by atoms with van der Waals surface area (Å²) >= 11 is 1.44. The van der Waals surface area contributed by atoms with Crippen molar-refractivity contribution in [3.8, 4) is 11.9 Å². The van der Waals surface area contributed by atoms with E-state index in [1.165, 1.54) is 17.4 Å². The number of carbonyl (C=O) groups is 2. The molecule has 0 spiro atoms. The van der Waals surface area contributed by atoms with Gasteiger partial charge in [-0.15, -0.1) is 11.3 Å². The number of hydrogen-bond donors (Lipinski definition) is 2. The Morgan fingerprint density at radius 3 is 2.66 bits per heavy atom. The van der Waals surface area contributed by atoms with Crippen LogP contribution in [0.1, 0.15) is 48.9 Å². The van der Waals surface area contributed by atoms with Gasteiger partial charge in [-0.25, -0.2) is 14.6 Å². The van der Waals surface area contributed by atoms with E-state index in [0.717, 1.165) is 37.5 Å². The van der Waals surface area contributed by atoms with Crippen LogP contribution in [0.4, 0.5) is 22.1 Å². The number of carbonyl (C=O) groups excluding carboxylic acids is 2. The van der Waals surface area contributed by atoms with E-state index < -0.39 is 17.7 Å². The van der Waals surface area contributed by atoms with Crippen LogP contribution in [-0.2, 0) is 33.8 Å². The Kier molecular flexibility index (Phi) is 11.3. The molecule has 0 saturated heterocycles. The highest BCUT2D eigenvalue weighted by Gasteiger charge is 2.21. The topological polar surface area (TPSA) is 169 Å². The number of amides is 1. The molecule has 0 fully saturated rings. The normalized spacial score (nSPS) is 12.1. The quantitative estimate of drug-likeness (QED) is 0.0913. The summed E-state index contributed by atoms with van der Waals surface area (Å²) < 4.78 is 17.6. The van der Waals surface area contributed by atoms with Crippen LogP contribution in [0.2, 0.25) is 0 Å². The highest BCUT2D eigenvalue weighted by atomic mass is 32.1. The number of nitrogens with one attached hydrogen (secondary N) is 1. The highest BCUT2D eigenvalue weighted by molar-refractivity contribution is 7.19. The molecule has 13 nitrogen and oxygen atoms in total. The number of nitrogens with zero attached hydrogens (tertiary/aromatic N) is 6. The third-order valence-electron chi connectivity index (χ3n) is 7.27. The average Bonchev–Trinajstić information content (AvgIpc) is 3.72. The van der Waals surface area contributed by atoms with Crippen molar-refractivity contribution in [3.05, 3.63) is 87.3 Å². The van der Waals surface area contributed by atoms with Crippen LogP contribution in [0.25, 0.3) is 21.0 Å². The third-order valence-corrected chi connectivity index (χ3v) is 8.31. The number of alkyl carbamates (subject to hydrolysis) is 1. The summed E-state index contributed by atoms with van der Waals surface area (Å²) in [5, 5.41) is 12.9. The number of anilines is 2. The molecule has 5 rings (SSSR count). The summed E-state index contributed by atoms with van der Waals surface area (Å²) in [7, 11) is 0. The highest BCUT2D eigenvalue weighted by Crippen LogP contribution is 2.33. The van der Waals surface area contributed by atoms with Gasteiger partial charge in [-0.05, 0) is 61.6 Å². The predicted molar refractivity (Wildman–Crippen MR) is 192 cm³/mol. The molecule has 0 unspecified atom stereocenters. The van der Waals surface area contributed by atoms with E-state index in [0.29, 0.717) is 31.1 Å². The molecule has 14 heteroatoms. The Balaban J connectivity index is 1.12. The Bertz CT molecular complexity index is 2020. The minimum absolute atomic E-state index is 0.0937. The van der Waals surface area contributed by atoms with Gasteiger partial charge in [-0.2, -0.15) is 10.2 Å². The van der Waals surface area contributed by atoms with E-state index in [4.69, 9.17) is 26.5 Å². The largest absolute Gasteiger partial charge is 0.471 e. The van der Waals surface area contributed by atoms with Gasteiger partial charge in [0.05, 0.1) is 31.3 Å². The number of nitrogens with two attached hydrogens (primary N) is 1. The summed E-state index contributed by atoms with van der Waals surface area (Å²) in [5.74, 6) is -0.171. The van der Waals surface area contributed by atoms with Gasteiger partial charge in [0.1, 0.15) is 24.5 Å². The first-order valence-electron chi connectivity index (χ1n) is 15.8. The second kappa shape index (κ2) is 15.9. The zero-order chi connectivity index (χ0) is 35.7. The number of ether oxygens (including phenoxy) is 3. The van der Waals surface area contributed by atoms with Gasteiger partial charge in [0.2, 0.25) is 11.8 Å². The summed E-state index contributed by atoms with van der Waals surface area (Å²) in [4.78, 5) is 43.6. The van der Waals surface area contributed by atoms with Crippen LogP contribution in [0.15, 0.2) is 59.2 Å². The molecule has 1 aliphatic heterocycles. The number of fused-ring (bicyclic) bond motifs is 2. The second-order valence-corrected chi connectivity index (χ2v) is 13.3. The van der Waals surface area contributed by atoms with Crippen molar-refractivity contribution in [1.29, 1.82) is 5.26 Å². The molecule has 0 atom stereocenters.